The molecular weight excluding hydrogens is 359 g/mol. The van der Waals surface area contributed by atoms with Gasteiger partial charge in [0.25, 0.3) is 5.22 Å². The second-order valence-electron chi connectivity index (χ2n) is 5.07. The predicted molar refractivity (Wildman–Crippen MR) is 99.5 cm³/mol. The van der Waals surface area contributed by atoms with Crippen LogP contribution in [0.2, 0.25) is 0 Å². The van der Waals surface area contributed by atoms with Crippen molar-refractivity contribution in [3.8, 4) is 11.3 Å². The van der Waals surface area contributed by atoms with Crippen LogP contribution in [0.25, 0.3) is 11.3 Å². The highest BCUT2D eigenvalue weighted by atomic mass is 32.2. The summed E-state index contributed by atoms with van der Waals surface area (Å²) in [5, 5.41) is 3.24. The van der Waals surface area contributed by atoms with Gasteiger partial charge in [-0.1, -0.05) is 17.8 Å². The Morgan fingerprint density at radius 3 is 2.80 bits per heavy atom. The molecule has 1 amide bonds. The number of carbonyl (C=O) groups is 1. The third-order valence-electron chi connectivity index (χ3n) is 3.29. The van der Waals surface area contributed by atoms with Crippen molar-refractivity contribution < 1.29 is 13.6 Å². The summed E-state index contributed by atoms with van der Waals surface area (Å²) in [6.07, 6.45) is 3.55. The molecule has 0 fully saturated rings. The summed E-state index contributed by atoms with van der Waals surface area (Å²) in [5.74, 6) is 0.285. The molecule has 0 radical (unpaired) electrons. The van der Waals surface area contributed by atoms with Gasteiger partial charge in [-0.05, 0) is 48.7 Å². The Bertz CT molecular complexity index is 866. The van der Waals surface area contributed by atoms with Gasteiger partial charge in [-0.2, -0.15) is 0 Å². The Morgan fingerprint density at radius 1 is 1.24 bits per heavy atom. The molecule has 0 spiro atoms. The quantitative estimate of drug-likeness (QED) is 0.620. The topological polar surface area (TPSA) is 55.1 Å². The molecule has 0 atom stereocenters. The monoisotopic (exact) mass is 374 g/mol. The zero-order valence-electron chi connectivity index (χ0n) is 13.4. The third kappa shape index (κ3) is 4.87. The van der Waals surface area contributed by atoms with Crippen LogP contribution in [0.5, 0.6) is 0 Å². The van der Waals surface area contributed by atoms with Gasteiger partial charge >= 0.3 is 0 Å². The summed E-state index contributed by atoms with van der Waals surface area (Å²) in [6, 6.07) is 13.6. The van der Waals surface area contributed by atoms with Crippen LogP contribution in [-0.2, 0) is 4.79 Å². The van der Waals surface area contributed by atoms with E-state index in [2.05, 4.69) is 10.3 Å². The number of aromatic nitrogens is 1. The molecule has 0 aliphatic heterocycles. The number of rotatable bonds is 6. The van der Waals surface area contributed by atoms with Crippen LogP contribution in [0.3, 0.4) is 0 Å². The van der Waals surface area contributed by atoms with Gasteiger partial charge in [0.1, 0.15) is 5.82 Å². The van der Waals surface area contributed by atoms with E-state index in [-0.39, 0.29) is 17.5 Å². The second-order valence-corrected chi connectivity index (χ2v) is 6.87. The van der Waals surface area contributed by atoms with E-state index in [1.807, 2.05) is 30.5 Å². The Balaban J connectivity index is 1.56. The standard InChI is InChI=1S/C18H15FN2O2S2/c1-24-15-4-2-3-14(9-15)21-17(22)11-25-18-20-10-16(23-18)12-5-7-13(19)8-6-12/h2-10H,11H2,1H3,(H,21,22). The second kappa shape index (κ2) is 8.22. The molecule has 7 heteroatoms. The molecule has 1 heterocycles. The average molecular weight is 374 g/mol. The Kier molecular flexibility index (Phi) is 5.78. The Labute approximate surface area is 153 Å². The highest BCUT2D eigenvalue weighted by Gasteiger charge is 2.10. The lowest BCUT2D eigenvalue weighted by atomic mass is 10.2. The maximum Gasteiger partial charge on any atom is 0.256 e. The number of nitrogens with one attached hydrogen (secondary N) is 1. The van der Waals surface area contributed by atoms with Gasteiger partial charge in [-0.25, -0.2) is 9.37 Å². The van der Waals surface area contributed by atoms with E-state index < -0.39 is 0 Å². The van der Waals surface area contributed by atoms with Gasteiger partial charge in [0.15, 0.2) is 5.76 Å². The molecule has 3 aromatic rings. The van der Waals surface area contributed by atoms with Crippen molar-refractivity contribution in [2.24, 2.45) is 0 Å². The number of nitrogens with zero attached hydrogens (tertiary/aromatic N) is 1. The summed E-state index contributed by atoms with van der Waals surface area (Å²) < 4.78 is 18.5. The first-order valence-corrected chi connectivity index (χ1v) is 9.63. The molecule has 2 aromatic carbocycles. The molecule has 128 valence electrons. The van der Waals surface area contributed by atoms with Crippen LogP contribution in [0.4, 0.5) is 10.1 Å². The summed E-state index contributed by atoms with van der Waals surface area (Å²) in [7, 11) is 0. The molecule has 0 saturated carbocycles. The number of hydrogen-bond acceptors (Lipinski definition) is 5. The van der Waals surface area contributed by atoms with E-state index >= 15 is 0 Å². The molecule has 0 aliphatic rings. The first-order valence-electron chi connectivity index (χ1n) is 7.42. The molecule has 0 aliphatic carbocycles. The van der Waals surface area contributed by atoms with Crippen LogP contribution in [0.1, 0.15) is 0 Å². The molecule has 1 N–H and O–H groups in total. The number of halogens is 1. The third-order valence-corrected chi connectivity index (χ3v) is 4.86. The van der Waals surface area contributed by atoms with E-state index in [0.717, 1.165) is 16.1 Å². The number of carbonyl (C=O) groups excluding carboxylic acids is 1. The molecule has 1 aromatic heterocycles. The fraction of sp³-hybridized carbons (Fsp3) is 0.111. The Hall–Kier alpha value is -2.25. The Morgan fingerprint density at radius 2 is 2.04 bits per heavy atom. The fourth-order valence-corrected chi connectivity index (χ4v) is 3.16. The van der Waals surface area contributed by atoms with Crippen LogP contribution in [-0.4, -0.2) is 22.9 Å². The predicted octanol–water partition coefficient (Wildman–Crippen LogP) is 4.93. The molecular formula is C18H15FN2O2S2. The van der Waals surface area contributed by atoms with Gasteiger partial charge in [0, 0.05) is 16.1 Å². The maximum atomic E-state index is 12.9. The van der Waals surface area contributed by atoms with Crippen molar-refractivity contribution >= 4 is 35.1 Å². The molecule has 3 rings (SSSR count). The molecule has 0 bridgehead atoms. The number of benzene rings is 2. The van der Waals surface area contributed by atoms with Gasteiger partial charge in [0.2, 0.25) is 5.91 Å². The normalized spacial score (nSPS) is 10.6. The number of hydrogen-bond donors (Lipinski definition) is 1. The largest absolute Gasteiger partial charge is 0.431 e. The minimum atomic E-state index is -0.305. The summed E-state index contributed by atoms with van der Waals surface area (Å²) in [6.45, 7) is 0. The van der Waals surface area contributed by atoms with Crippen molar-refractivity contribution in [2.45, 2.75) is 10.1 Å². The number of thioether (sulfide) groups is 2. The fourth-order valence-electron chi connectivity index (χ4n) is 2.10. The average Bonchev–Trinajstić information content (AvgIpc) is 3.10. The van der Waals surface area contributed by atoms with Crippen molar-refractivity contribution in [3.05, 3.63) is 60.5 Å². The molecule has 0 saturated heterocycles. The van der Waals surface area contributed by atoms with E-state index in [9.17, 15) is 9.18 Å². The number of amides is 1. The van der Waals surface area contributed by atoms with Crippen molar-refractivity contribution in [1.82, 2.24) is 4.98 Å². The zero-order chi connectivity index (χ0) is 17.6. The lowest BCUT2D eigenvalue weighted by Crippen LogP contribution is -2.13. The molecule has 25 heavy (non-hydrogen) atoms. The smallest absolute Gasteiger partial charge is 0.256 e. The number of anilines is 1. The van der Waals surface area contributed by atoms with Crippen LogP contribution < -0.4 is 5.32 Å². The van der Waals surface area contributed by atoms with E-state index in [4.69, 9.17) is 4.42 Å². The van der Waals surface area contributed by atoms with Crippen molar-refractivity contribution in [2.75, 3.05) is 17.3 Å². The lowest BCUT2D eigenvalue weighted by Gasteiger charge is -2.05. The highest BCUT2D eigenvalue weighted by molar-refractivity contribution is 7.99. The van der Waals surface area contributed by atoms with E-state index in [1.54, 1.807) is 30.1 Å². The maximum absolute atomic E-state index is 12.9. The summed E-state index contributed by atoms with van der Waals surface area (Å²) in [5.41, 5.74) is 1.50. The number of oxazole rings is 1. The van der Waals surface area contributed by atoms with Gasteiger partial charge < -0.3 is 9.73 Å². The summed E-state index contributed by atoms with van der Waals surface area (Å²) >= 11 is 2.82. The van der Waals surface area contributed by atoms with Crippen LogP contribution in [0.15, 0.2) is 69.3 Å². The molecule has 4 nitrogen and oxygen atoms in total. The first kappa shape index (κ1) is 17.6. The minimum absolute atomic E-state index is 0.134. The van der Waals surface area contributed by atoms with E-state index in [0.29, 0.717) is 11.0 Å². The SMILES string of the molecule is CSc1cccc(NC(=O)CSc2ncc(-c3ccc(F)cc3)o2)c1. The summed E-state index contributed by atoms with van der Waals surface area (Å²) in [4.78, 5) is 17.3. The van der Waals surface area contributed by atoms with Crippen LogP contribution >= 0.6 is 23.5 Å². The first-order chi connectivity index (χ1) is 12.1. The zero-order valence-corrected chi connectivity index (χ0v) is 15.0. The minimum Gasteiger partial charge on any atom is -0.431 e. The van der Waals surface area contributed by atoms with Gasteiger partial charge in [0.05, 0.1) is 11.9 Å². The molecule has 0 unspecified atom stereocenters. The van der Waals surface area contributed by atoms with Gasteiger partial charge in [-0.15, -0.1) is 11.8 Å². The van der Waals surface area contributed by atoms with Crippen LogP contribution in [0, 0.1) is 5.82 Å². The van der Waals surface area contributed by atoms with Crippen molar-refractivity contribution in [1.29, 1.82) is 0 Å². The van der Waals surface area contributed by atoms with E-state index in [1.165, 1.54) is 23.9 Å². The highest BCUT2D eigenvalue weighted by Crippen LogP contribution is 2.26. The van der Waals surface area contributed by atoms with Crippen molar-refractivity contribution in [3.63, 3.8) is 0 Å². The van der Waals surface area contributed by atoms with Gasteiger partial charge in [-0.3, -0.25) is 4.79 Å². The lowest BCUT2D eigenvalue weighted by molar-refractivity contribution is -0.113.